The van der Waals surface area contributed by atoms with Crippen LogP contribution in [0, 0.1) is 30.3 Å². The van der Waals surface area contributed by atoms with E-state index in [1.165, 1.54) is 13.8 Å². The summed E-state index contributed by atoms with van der Waals surface area (Å²) in [6.45, 7) is 6.46. The highest BCUT2D eigenvalue weighted by atomic mass is 16.6. The predicted octanol–water partition coefficient (Wildman–Crippen LogP) is 2.66. The summed E-state index contributed by atoms with van der Waals surface area (Å²) in [6.07, 6.45) is -1.11. The third-order valence-corrected chi connectivity index (χ3v) is 3.37. The maximum absolute atomic E-state index is 12.0. The molecule has 0 radical (unpaired) electrons. The molecule has 1 aromatic rings. The van der Waals surface area contributed by atoms with Gasteiger partial charge in [0.1, 0.15) is 5.60 Å². The number of nitro benzene ring substituents is 3. The van der Waals surface area contributed by atoms with E-state index in [4.69, 9.17) is 4.74 Å². The average molecular weight is 338 g/mol. The van der Waals surface area contributed by atoms with Crippen molar-refractivity contribution < 1.29 is 24.3 Å². The van der Waals surface area contributed by atoms with Gasteiger partial charge >= 0.3 is 17.5 Å². The predicted molar refractivity (Wildman–Crippen MR) is 78.6 cm³/mol. The lowest BCUT2D eigenvalue weighted by atomic mass is 10.1. The smallest absolute Gasteiger partial charge is 0.420 e. The number of carbonyl (C=O) groups is 1. The summed E-state index contributed by atoms with van der Waals surface area (Å²) in [5.41, 5.74) is -4.88. The zero-order valence-electron chi connectivity index (χ0n) is 12.4. The minimum atomic E-state index is -1.25. The van der Waals surface area contributed by atoms with Gasteiger partial charge in [0, 0.05) is 0 Å². The normalized spacial score (nSPS) is 16.0. The van der Waals surface area contributed by atoms with E-state index in [0.717, 1.165) is 0 Å². The summed E-state index contributed by atoms with van der Waals surface area (Å²) in [6, 6.07) is 1.07. The van der Waals surface area contributed by atoms with Gasteiger partial charge in [0.2, 0.25) is 5.69 Å². The van der Waals surface area contributed by atoms with Gasteiger partial charge in [-0.1, -0.05) is 6.58 Å². The van der Waals surface area contributed by atoms with Gasteiger partial charge in [0.25, 0.3) is 5.69 Å². The van der Waals surface area contributed by atoms with Crippen molar-refractivity contribution >= 4 is 28.8 Å². The number of benzene rings is 1. The first kappa shape index (κ1) is 16.8. The van der Waals surface area contributed by atoms with Crippen molar-refractivity contribution in [3.05, 3.63) is 54.8 Å². The van der Waals surface area contributed by atoms with Crippen LogP contribution in [0.25, 0.3) is 0 Å². The molecule has 1 heterocycles. The van der Waals surface area contributed by atoms with E-state index < -0.39 is 49.2 Å². The minimum absolute atomic E-state index is 0.0763. The molecule has 0 unspecified atom stereocenters. The largest absolute Gasteiger partial charge is 0.436 e. The van der Waals surface area contributed by atoms with E-state index in [1.807, 2.05) is 0 Å². The zero-order chi connectivity index (χ0) is 18.4. The molecule has 0 aliphatic carbocycles. The van der Waals surface area contributed by atoms with Crippen LogP contribution >= 0.6 is 0 Å². The zero-order valence-corrected chi connectivity index (χ0v) is 12.4. The monoisotopic (exact) mass is 338 g/mol. The third kappa shape index (κ3) is 2.49. The Hall–Kier alpha value is -3.57. The fourth-order valence-electron chi connectivity index (χ4n) is 2.13. The summed E-state index contributed by atoms with van der Waals surface area (Å²) in [7, 11) is 0. The van der Waals surface area contributed by atoms with Gasteiger partial charge in [-0.25, -0.2) is 9.69 Å². The molecule has 0 N–H and O–H groups in total. The first-order valence-electron chi connectivity index (χ1n) is 6.31. The Bertz CT molecular complexity index is 780. The number of cyclic esters (lactones) is 1. The molecule has 12 nitrogen and oxygen atoms in total. The van der Waals surface area contributed by atoms with E-state index in [2.05, 4.69) is 6.58 Å². The van der Waals surface area contributed by atoms with Crippen molar-refractivity contribution in [2.75, 3.05) is 4.90 Å². The molecule has 0 bridgehead atoms. The Kier molecular flexibility index (Phi) is 3.68. The molecule has 1 aliphatic rings. The molecule has 12 heteroatoms. The van der Waals surface area contributed by atoms with Gasteiger partial charge in [-0.15, -0.1) is 0 Å². The SMILES string of the molecule is C=C1N(c2c([N+](=O)[O-])cc([N+](=O)[O-])cc2[N+](=O)[O-])C(=O)OC1(C)C. The highest BCUT2D eigenvalue weighted by Gasteiger charge is 2.48. The van der Waals surface area contributed by atoms with Crippen LogP contribution < -0.4 is 4.90 Å². The second-order valence-electron chi connectivity index (χ2n) is 5.26. The van der Waals surface area contributed by atoms with Crippen LogP contribution in [0.3, 0.4) is 0 Å². The number of non-ortho nitro benzene ring substituents is 1. The molecule has 1 fully saturated rings. The quantitative estimate of drug-likeness (QED) is 0.598. The van der Waals surface area contributed by atoms with Gasteiger partial charge < -0.3 is 4.74 Å². The lowest BCUT2D eigenvalue weighted by molar-refractivity contribution is -0.402. The fraction of sp³-hybridized carbons (Fsp3) is 0.250. The van der Waals surface area contributed by atoms with Crippen molar-refractivity contribution in [3.8, 4) is 0 Å². The number of anilines is 1. The highest BCUT2D eigenvalue weighted by Crippen LogP contribution is 2.46. The fourth-order valence-corrected chi connectivity index (χ4v) is 2.13. The number of hydrogen-bond donors (Lipinski definition) is 0. The lowest BCUT2D eigenvalue weighted by Crippen LogP contribution is -2.26. The maximum Gasteiger partial charge on any atom is 0.420 e. The molecule has 0 saturated carbocycles. The topological polar surface area (TPSA) is 159 Å². The van der Waals surface area contributed by atoms with Crippen LogP contribution in [0.1, 0.15) is 13.8 Å². The Labute approximate surface area is 133 Å². The Balaban J connectivity index is 2.84. The summed E-state index contributed by atoms with van der Waals surface area (Å²) in [5, 5.41) is 33.4. The minimum Gasteiger partial charge on any atom is -0.436 e. The van der Waals surface area contributed by atoms with Crippen LogP contribution in [0.5, 0.6) is 0 Å². The highest BCUT2D eigenvalue weighted by molar-refractivity contribution is 6.00. The molecule has 1 saturated heterocycles. The number of carbonyl (C=O) groups excluding carboxylic acids is 1. The molecule has 0 spiro atoms. The first-order valence-corrected chi connectivity index (χ1v) is 6.31. The number of rotatable bonds is 4. The van der Waals surface area contributed by atoms with Gasteiger partial charge in [-0.05, 0) is 13.8 Å². The number of amides is 1. The number of nitrogens with zero attached hydrogens (tertiary/aromatic N) is 4. The molecule has 2 rings (SSSR count). The van der Waals surface area contributed by atoms with Crippen LogP contribution in [0.15, 0.2) is 24.4 Å². The van der Waals surface area contributed by atoms with Crippen LogP contribution in [-0.4, -0.2) is 26.5 Å². The Morgan fingerprint density at radius 1 is 1.04 bits per heavy atom. The number of nitro groups is 3. The molecular weight excluding hydrogens is 328 g/mol. The van der Waals surface area contributed by atoms with Crippen molar-refractivity contribution in [3.63, 3.8) is 0 Å². The van der Waals surface area contributed by atoms with Crippen LogP contribution in [-0.2, 0) is 4.74 Å². The van der Waals surface area contributed by atoms with E-state index >= 15 is 0 Å². The van der Waals surface area contributed by atoms with Gasteiger partial charge in [0.05, 0.1) is 32.6 Å². The second kappa shape index (κ2) is 5.26. The van der Waals surface area contributed by atoms with Gasteiger partial charge in [-0.2, -0.15) is 0 Å². The molecule has 0 atom stereocenters. The number of ether oxygens (including phenoxy) is 1. The average Bonchev–Trinajstić information content (AvgIpc) is 2.65. The van der Waals surface area contributed by atoms with Crippen LogP contribution in [0.2, 0.25) is 0 Å². The lowest BCUT2D eigenvalue weighted by Gasteiger charge is -2.18. The summed E-state index contributed by atoms with van der Waals surface area (Å²) in [4.78, 5) is 42.9. The second-order valence-corrected chi connectivity index (χ2v) is 5.26. The van der Waals surface area contributed by atoms with Gasteiger partial charge in [0.15, 0.2) is 0 Å². The molecule has 24 heavy (non-hydrogen) atoms. The molecule has 1 aromatic carbocycles. The molecule has 1 amide bonds. The van der Waals surface area contributed by atoms with E-state index in [0.29, 0.717) is 17.0 Å². The van der Waals surface area contributed by atoms with E-state index in [9.17, 15) is 35.1 Å². The standard InChI is InChI=1S/C12H10N4O8/c1-6-12(2,3)24-11(17)13(6)10-8(15(20)21)4-7(14(18)19)5-9(10)16(22)23/h4-5H,1H2,2-3H3. The van der Waals surface area contributed by atoms with Crippen molar-refractivity contribution in [2.24, 2.45) is 0 Å². The van der Waals surface area contributed by atoms with E-state index in [1.54, 1.807) is 0 Å². The van der Waals surface area contributed by atoms with Crippen molar-refractivity contribution in [1.29, 1.82) is 0 Å². The summed E-state index contributed by atoms with van der Waals surface area (Å²) in [5.74, 6) is 0. The van der Waals surface area contributed by atoms with Crippen LogP contribution in [0.4, 0.5) is 27.5 Å². The molecule has 126 valence electrons. The molecule has 1 aliphatic heterocycles. The summed E-state index contributed by atoms with van der Waals surface area (Å²) < 4.78 is 4.98. The Morgan fingerprint density at radius 2 is 1.50 bits per heavy atom. The first-order chi connectivity index (χ1) is 11.0. The maximum atomic E-state index is 12.0. The molecular formula is C12H10N4O8. The van der Waals surface area contributed by atoms with Crippen molar-refractivity contribution in [1.82, 2.24) is 0 Å². The third-order valence-electron chi connectivity index (χ3n) is 3.37. The van der Waals surface area contributed by atoms with Crippen molar-refractivity contribution in [2.45, 2.75) is 19.4 Å². The Morgan fingerprint density at radius 3 is 1.79 bits per heavy atom. The number of hydrogen-bond acceptors (Lipinski definition) is 8. The van der Waals surface area contributed by atoms with E-state index in [-0.39, 0.29) is 5.70 Å². The summed E-state index contributed by atoms with van der Waals surface area (Å²) >= 11 is 0. The van der Waals surface area contributed by atoms with Gasteiger partial charge in [-0.3, -0.25) is 30.3 Å². The molecule has 0 aromatic heterocycles.